The van der Waals surface area contributed by atoms with E-state index in [1.165, 1.54) is 0 Å². The Morgan fingerprint density at radius 1 is 1.27 bits per heavy atom. The lowest BCUT2D eigenvalue weighted by molar-refractivity contribution is -0.129. The number of hydrogen-bond donors (Lipinski definition) is 1. The van der Waals surface area contributed by atoms with Crippen molar-refractivity contribution in [2.75, 3.05) is 38.8 Å². The number of rotatable bonds is 3. The summed E-state index contributed by atoms with van der Waals surface area (Å²) in [5.74, 6) is 0.776. The zero-order valence-electron chi connectivity index (χ0n) is 12.7. The Labute approximate surface area is 128 Å². The average Bonchev–Trinajstić information content (AvgIpc) is 2.88. The molecule has 1 aromatic carbocycles. The first-order valence-corrected chi connectivity index (χ1v) is 7.22. The molecule has 0 radical (unpaired) electrons. The first kappa shape index (κ1) is 14.6. The Balaban J connectivity index is 1.75. The van der Waals surface area contributed by atoms with Crippen LogP contribution in [0.1, 0.15) is 6.42 Å². The van der Waals surface area contributed by atoms with Crippen molar-refractivity contribution in [1.29, 1.82) is 0 Å². The van der Waals surface area contributed by atoms with Crippen LogP contribution in [0, 0.1) is 5.92 Å². The molecule has 1 saturated heterocycles. The van der Waals surface area contributed by atoms with Gasteiger partial charge in [-0.2, -0.15) is 0 Å². The number of nitrogens with zero attached hydrogens (tertiary/aromatic N) is 2. The third-order valence-electron chi connectivity index (χ3n) is 3.67. The number of nitrogens with one attached hydrogen (secondary N) is 1. The van der Waals surface area contributed by atoms with Crippen LogP contribution in [0.15, 0.2) is 18.2 Å². The van der Waals surface area contributed by atoms with Crippen molar-refractivity contribution in [3.05, 3.63) is 18.2 Å². The van der Waals surface area contributed by atoms with Gasteiger partial charge >= 0.3 is 0 Å². The maximum absolute atomic E-state index is 12.2. The minimum Gasteiger partial charge on any atom is -0.486 e. The molecule has 2 amide bonds. The van der Waals surface area contributed by atoms with Gasteiger partial charge in [0.2, 0.25) is 11.8 Å². The molecule has 2 aliphatic rings. The molecule has 0 aliphatic carbocycles. The highest BCUT2D eigenvalue weighted by Gasteiger charge is 2.35. The molecule has 1 fully saturated rings. The van der Waals surface area contributed by atoms with Crippen LogP contribution >= 0.6 is 0 Å². The van der Waals surface area contributed by atoms with Crippen LogP contribution in [0.25, 0.3) is 0 Å². The van der Waals surface area contributed by atoms with Gasteiger partial charge in [0.15, 0.2) is 11.5 Å². The molecule has 22 heavy (non-hydrogen) atoms. The number of hydrogen-bond acceptors (Lipinski definition) is 5. The van der Waals surface area contributed by atoms with Gasteiger partial charge in [0.1, 0.15) is 13.2 Å². The van der Waals surface area contributed by atoms with E-state index < -0.39 is 0 Å². The topological polar surface area (TPSA) is 71.1 Å². The van der Waals surface area contributed by atoms with E-state index in [-0.39, 0.29) is 24.2 Å². The summed E-state index contributed by atoms with van der Waals surface area (Å²) in [7, 11) is 3.49. The second kappa shape index (κ2) is 5.84. The highest BCUT2D eigenvalue weighted by Crippen LogP contribution is 2.35. The summed E-state index contributed by atoms with van der Waals surface area (Å²) in [6.45, 7) is 1.40. The number of anilines is 1. The first-order chi connectivity index (χ1) is 10.5. The van der Waals surface area contributed by atoms with Crippen LogP contribution in [0.3, 0.4) is 0 Å². The highest BCUT2D eigenvalue weighted by atomic mass is 16.6. The second-order valence-corrected chi connectivity index (χ2v) is 5.60. The molecular weight excluding hydrogens is 286 g/mol. The van der Waals surface area contributed by atoms with Gasteiger partial charge in [-0.25, -0.2) is 5.01 Å². The molecule has 1 N–H and O–H groups in total. The van der Waals surface area contributed by atoms with Crippen molar-refractivity contribution in [2.45, 2.75) is 6.42 Å². The number of carbonyl (C=O) groups excluding carboxylic acids is 2. The van der Waals surface area contributed by atoms with Crippen LogP contribution < -0.4 is 19.8 Å². The van der Waals surface area contributed by atoms with Gasteiger partial charge < -0.3 is 14.4 Å². The summed E-state index contributed by atoms with van der Waals surface area (Å²) < 4.78 is 11.0. The molecule has 1 aromatic rings. The molecule has 0 aromatic heterocycles. The second-order valence-electron chi connectivity index (χ2n) is 5.60. The monoisotopic (exact) mass is 305 g/mol. The summed E-state index contributed by atoms with van der Waals surface area (Å²) in [4.78, 5) is 25.9. The molecule has 1 atom stereocenters. The van der Waals surface area contributed by atoms with E-state index in [2.05, 4.69) is 5.43 Å². The molecule has 0 unspecified atom stereocenters. The third kappa shape index (κ3) is 2.85. The van der Waals surface area contributed by atoms with Crippen molar-refractivity contribution in [3.63, 3.8) is 0 Å². The van der Waals surface area contributed by atoms with Crippen molar-refractivity contribution >= 4 is 17.5 Å². The predicted octanol–water partition coefficient (Wildman–Crippen LogP) is 0.403. The summed E-state index contributed by atoms with van der Waals surface area (Å²) in [6.07, 6.45) is 0.216. The lowest BCUT2D eigenvalue weighted by Gasteiger charge is -2.22. The number of fused-ring (bicyclic) bond motifs is 1. The molecule has 2 heterocycles. The Kier molecular flexibility index (Phi) is 3.89. The van der Waals surface area contributed by atoms with Gasteiger partial charge in [0, 0.05) is 38.8 Å². The zero-order chi connectivity index (χ0) is 15.7. The lowest BCUT2D eigenvalue weighted by Crippen LogP contribution is -2.41. The van der Waals surface area contributed by atoms with Crippen molar-refractivity contribution in [3.8, 4) is 11.5 Å². The quantitative estimate of drug-likeness (QED) is 0.819. The van der Waals surface area contributed by atoms with Gasteiger partial charge in [0.25, 0.3) is 0 Å². The summed E-state index contributed by atoms with van der Waals surface area (Å²) in [6, 6.07) is 5.40. The molecule has 3 rings (SSSR count). The van der Waals surface area contributed by atoms with E-state index in [0.29, 0.717) is 31.3 Å². The molecule has 0 spiro atoms. The Hall–Kier alpha value is -2.28. The van der Waals surface area contributed by atoms with Crippen molar-refractivity contribution in [1.82, 2.24) is 10.4 Å². The maximum Gasteiger partial charge on any atom is 0.239 e. The zero-order valence-corrected chi connectivity index (χ0v) is 12.7. The van der Waals surface area contributed by atoms with Gasteiger partial charge in [-0.05, 0) is 12.1 Å². The SMILES string of the molecule is CN(C)NC(=O)[C@H]1CC(=O)N(c2ccc3c(c2)OCCO3)C1. The highest BCUT2D eigenvalue weighted by molar-refractivity contribution is 6.00. The Morgan fingerprint density at radius 3 is 2.73 bits per heavy atom. The maximum atomic E-state index is 12.2. The standard InChI is InChI=1S/C15H19N3O4/c1-17(2)16-15(20)10-7-14(19)18(9-10)11-3-4-12-13(8-11)22-6-5-21-12/h3-4,8,10H,5-7,9H2,1-2H3,(H,16,20)/t10-/m0/s1. The van der Waals surface area contributed by atoms with Crippen molar-refractivity contribution in [2.24, 2.45) is 5.92 Å². The van der Waals surface area contributed by atoms with E-state index >= 15 is 0 Å². The summed E-state index contributed by atoms with van der Waals surface area (Å²) >= 11 is 0. The molecule has 0 saturated carbocycles. The Bertz CT molecular complexity index is 602. The predicted molar refractivity (Wildman–Crippen MR) is 79.7 cm³/mol. The van der Waals surface area contributed by atoms with E-state index in [0.717, 1.165) is 5.69 Å². The van der Waals surface area contributed by atoms with E-state index in [1.54, 1.807) is 36.1 Å². The average molecular weight is 305 g/mol. The van der Waals surface area contributed by atoms with Gasteiger partial charge in [-0.15, -0.1) is 0 Å². The minimum atomic E-state index is -0.344. The molecular formula is C15H19N3O4. The largest absolute Gasteiger partial charge is 0.486 e. The van der Waals surface area contributed by atoms with Crippen LogP contribution in [0.5, 0.6) is 11.5 Å². The van der Waals surface area contributed by atoms with Gasteiger partial charge in [-0.1, -0.05) is 0 Å². The number of ether oxygens (including phenoxy) is 2. The number of benzene rings is 1. The number of amides is 2. The first-order valence-electron chi connectivity index (χ1n) is 7.22. The fourth-order valence-corrected chi connectivity index (χ4v) is 2.64. The fourth-order valence-electron chi connectivity index (χ4n) is 2.64. The lowest BCUT2D eigenvalue weighted by atomic mass is 10.1. The molecule has 2 aliphatic heterocycles. The van der Waals surface area contributed by atoms with Crippen LogP contribution in [-0.2, 0) is 9.59 Å². The fraction of sp³-hybridized carbons (Fsp3) is 0.467. The van der Waals surface area contributed by atoms with Crippen LogP contribution in [-0.4, -0.2) is 50.7 Å². The van der Waals surface area contributed by atoms with Gasteiger partial charge in [-0.3, -0.25) is 15.0 Å². The Morgan fingerprint density at radius 2 is 2.00 bits per heavy atom. The summed E-state index contributed by atoms with van der Waals surface area (Å²) in [5, 5.41) is 1.58. The van der Waals surface area contributed by atoms with E-state index in [1.807, 2.05) is 6.07 Å². The van der Waals surface area contributed by atoms with E-state index in [4.69, 9.17) is 9.47 Å². The third-order valence-corrected chi connectivity index (χ3v) is 3.67. The number of carbonyl (C=O) groups is 2. The normalized spacial score (nSPS) is 20.4. The minimum absolute atomic E-state index is 0.0596. The van der Waals surface area contributed by atoms with Crippen molar-refractivity contribution < 1.29 is 19.1 Å². The summed E-state index contributed by atoms with van der Waals surface area (Å²) in [5.41, 5.74) is 3.43. The molecule has 7 heteroatoms. The smallest absolute Gasteiger partial charge is 0.239 e. The molecule has 7 nitrogen and oxygen atoms in total. The van der Waals surface area contributed by atoms with E-state index in [9.17, 15) is 9.59 Å². The van der Waals surface area contributed by atoms with Crippen LogP contribution in [0.4, 0.5) is 5.69 Å². The number of hydrazine groups is 1. The van der Waals surface area contributed by atoms with Gasteiger partial charge in [0.05, 0.1) is 5.92 Å². The molecule has 118 valence electrons. The molecule has 0 bridgehead atoms. The van der Waals surface area contributed by atoms with Crippen LogP contribution in [0.2, 0.25) is 0 Å².